The fourth-order valence-electron chi connectivity index (χ4n) is 2.79. The molecule has 1 aliphatic heterocycles. The molecule has 122 valence electrons. The number of aliphatic imine (C=N–C) groups is 1. The van der Waals surface area contributed by atoms with Crippen molar-refractivity contribution in [2.75, 3.05) is 26.7 Å². The third kappa shape index (κ3) is 4.22. The average molecular weight is 306 g/mol. The molecule has 6 nitrogen and oxygen atoms in total. The molecule has 0 bridgehead atoms. The van der Waals surface area contributed by atoms with Gasteiger partial charge in [-0.3, -0.25) is 4.99 Å². The Morgan fingerprint density at radius 3 is 2.77 bits per heavy atom. The van der Waals surface area contributed by atoms with Crippen molar-refractivity contribution < 1.29 is 9.26 Å². The van der Waals surface area contributed by atoms with E-state index >= 15 is 0 Å². The normalized spacial score (nSPS) is 20.5. The Kier molecular flexibility index (Phi) is 4.97. The Morgan fingerprint density at radius 1 is 1.41 bits per heavy atom. The monoisotopic (exact) mass is 306 g/mol. The van der Waals surface area contributed by atoms with Crippen molar-refractivity contribution in [3.63, 3.8) is 0 Å². The average Bonchev–Trinajstić information content (AvgIpc) is 3.28. The summed E-state index contributed by atoms with van der Waals surface area (Å²) in [5, 5.41) is 7.24. The van der Waals surface area contributed by atoms with Gasteiger partial charge >= 0.3 is 0 Å². The molecule has 0 unspecified atom stereocenters. The summed E-state index contributed by atoms with van der Waals surface area (Å²) in [6.07, 6.45) is 5.29. The van der Waals surface area contributed by atoms with Crippen LogP contribution in [0.2, 0.25) is 0 Å². The van der Waals surface area contributed by atoms with E-state index in [4.69, 9.17) is 9.26 Å². The van der Waals surface area contributed by atoms with Crippen molar-refractivity contribution in [2.24, 2.45) is 10.9 Å². The summed E-state index contributed by atoms with van der Waals surface area (Å²) in [6.45, 7) is 5.48. The number of ether oxygens (including phenoxy) is 1. The number of aryl methyl sites for hydroxylation is 1. The van der Waals surface area contributed by atoms with Gasteiger partial charge in [0.2, 0.25) is 0 Å². The number of hydrogen-bond acceptors (Lipinski definition) is 4. The molecular weight excluding hydrogens is 280 g/mol. The molecule has 0 amide bonds. The molecule has 6 heteroatoms. The van der Waals surface area contributed by atoms with Gasteiger partial charge in [-0.25, -0.2) is 0 Å². The number of piperidine rings is 1. The zero-order valence-corrected chi connectivity index (χ0v) is 13.5. The number of aromatic nitrogens is 1. The van der Waals surface area contributed by atoms with Crippen LogP contribution >= 0.6 is 0 Å². The lowest BCUT2D eigenvalue weighted by molar-refractivity contribution is 0.0131. The van der Waals surface area contributed by atoms with E-state index in [2.05, 4.69) is 20.4 Å². The van der Waals surface area contributed by atoms with Crippen molar-refractivity contribution >= 4 is 5.96 Å². The molecule has 1 saturated heterocycles. The summed E-state index contributed by atoms with van der Waals surface area (Å²) >= 11 is 0. The first-order valence-corrected chi connectivity index (χ1v) is 8.24. The third-order valence-corrected chi connectivity index (χ3v) is 4.32. The summed E-state index contributed by atoms with van der Waals surface area (Å²) in [5.74, 6) is 2.61. The fourth-order valence-corrected chi connectivity index (χ4v) is 2.79. The Morgan fingerprint density at radius 2 is 2.18 bits per heavy atom. The molecule has 0 spiro atoms. The van der Waals surface area contributed by atoms with Crippen LogP contribution in [0.25, 0.3) is 0 Å². The van der Waals surface area contributed by atoms with Crippen LogP contribution in [0, 0.1) is 12.8 Å². The molecule has 3 rings (SSSR count). The predicted molar refractivity (Wildman–Crippen MR) is 84.7 cm³/mol. The molecule has 0 aromatic carbocycles. The van der Waals surface area contributed by atoms with Gasteiger partial charge in [0, 0.05) is 32.8 Å². The summed E-state index contributed by atoms with van der Waals surface area (Å²) in [6, 6.07) is 1.94. The molecule has 1 N–H and O–H groups in total. The van der Waals surface area contributed by atoms with Gasteiger partial charge in [0.1, 0.15) is 0 Å². The number of guanidine groups is 1. The van der Waals surface area contributed by atoms with Gasteiger partial charge in [-0.1, -0.05) is 5.16 Å². The molecule has 2 aliphatic rings. The van der Waals surface area contributed by atoms with E-state index < -0.39 is 0 Å². The highest BCUT2D eigenvalue weighted by Crippen LogP contribution is 2.30. The highest BCUT2D eigenvalue weighted by atomic mass is 16.5. The van der Waals surface area contributed by atoms with Crippen LogP contribution in [0.5, 0.6) is 0 Å². The molecular formula is C16H26N4O2. The molecule has 0 radical (unpaired) electrons. The molecule has 1 aromatic heterocycles. The topological polar surface area (TPSA) is 62.9 Å². The highest BCUT2D eigenvalue weighted by Gasteiger charge is 2.26. The van der Waals surface area contributed by atoms with E-state index in [1.165, 1.54) is 12.8 Å². The van der Waals surface area contributed by atoms with Gasteiger partial charge in [0.25, 0.3) is 0 Å². The maximum Gasteiger partial charge on any atom is 0.194 e. The van der Waals surface area contributed by atoms with Crippen molar-refractivity contribution in [1.82, 2.24) is 15.4 Å². The quantitative estimate of drug-likeness (QED) is 0.665. The number of nitrogens with zero attached hydrogens (tertiary/aromatic N) is 3. The predicted octanol–water partition coefficient (Wildman–Crippen LogP) is 1.95. The van der Waals surface area contributed by atoms with E-state index in [0.717, 1.165) is 55.9 Å². The van der Waals surface area contributed by atoms with Crippen molar-refractivity contribution in [2.45, 2.75) is 45.3 Å². The molecule has 1 saturated carbocycles. The van der Waals surface area contributed by atoms with Gasteiger partial charge < -0.3 is 19.5 Å². The van der Waals surface area contributed by atoms with Crippen LogP contribution in [-0.4, -0.2) is 48.9 Å². The second-order valence-electron chi connectivity index (χ2n) is 6.30. The number of likely N-dealkylation sites (tertiary alicyclic amines) is 1. The van der Waals surface area contributed by atoms with Gasteiger partial charge in [-0.2, -0.15) is 0 Å². The fraction of sp³-hybridized carbons (Fsp3) is 0.750. The zero-order valence-electron chi connectivity index (χ0n) is 13.5. The number of nitrogens with one attached hydrogen (secondary N) is 1. The summed E-state index contributed by atoms with van der Waals surface area (Å²) in [7, 11) is 1.82. The maximum atomic E-state index is 5.99. The first-order valence-electron chi connectivity index (χ1n) is 8.24. The van der Waals surface area contributed by atoms with E-state index in [1.54, 1.807) is 0 Å². The van der Waals surface area contributed by atoms with Crippen molar-refractivity contribution in [1.29, 1.82) is 0 Å². The van der Waals surface area contributed by atoms with Gasteiger partial charge in [0.15, 0.2) is 11.7 Å². The maximum absolute atomic E-state index is 5.99. The Labute approximate surface area is 131 Å². The molecule has 0 atom stereocenters. The van der Waals surface area contributed by atoms with Crippen LogP contribution in [0.15, 0.2) is 15.6 Å². The molecule has 22 heavy (non-hydrogen) atoms. The summed E-state index contributed by atoms with van der Waals surface area (Å²) in [4.78, 5) is 6.66. The lowest BCUT2D eigenvalue weighted by Crippen LogP contribution is -2.46. The molecule has 1 aliphatic carbocycles. The van der Waals surface area contributed by atoms with Crippen LogP contribution in [0.4, 0.5) is 0 Å². The minimum atomic E-state index is 0.423. The minimum Gasteiger partial charge on any atom is -0.378 e. The van der Waals surface area contributed by atoms with Crippen molar-refractivity contribution in [3.05, 3.63) is 17.5 Å². The Bertz CT molecular complexity index is 502. The SMILES string of the molecule is CN=C(NCc1cc(C)no1)N1CCC(OCC2CC2)CC1. The first kappa shape index (κ1) is 15.3. The summed E-state index contributed by atoms with van der Waals surface area (Å²) in [5.41, 5.74) is 0.903. The molecule has 1 aromatic rings. The second-order valence-corrected chi connectivity index (χ2v) is 6.30. The van der Waals surface area contributed by atoms with E-state index in [0.29, 0.717) is 12.6 Å². The lowest BCUT2D eigenvalue weighted by Gasteiger charge is -2.34. The van der Waals surface area contributed by atoms with Crippen LogP contribution in [-0.2, 0) is 11.3 Å². The van der Waals surface area contributed by atoms with Crippen LogP contribution in [0.3, 0.4) is 0 Å². The van der Waals surface area contributed by atoms with Crippen LogP contribution in [0.1, 0.15) is 37.1 Å². The van der Waals surface area contributed by atoms with E-state index in [9.17, 15) is 0 Å². The standard InChI is InChI=1S/C16H26N4O2/c1-12-9-15(22-19-12)10-18-16(17-2)20-7-5-14(6-8-20)21-11-13-3-4-13/h9,13-14H,3-8,10-11H2,1-2H3,(H,17,18). The zero-order chi connectivity index (χ0) is 15.4. The van der Waals surface area contributed by atoms with Gasteiger partial charge in [-0.05, 0) is 38.5 Å². The Balaban J connectivity index is 1.41. The van der Waals surface area contributed by atoms with Gasteiger partial charge in [-0.15, -0.1) is 0 Å². The van der Waals surface area contributed by atoms with E-state index in [-0.39, 0.29) is 0 Å². The van der Waals surface area contributed by atoms with Crippen LogP contribution < -0.4 is 5.32 Å². The first-order chi connectivity index (χ1) is 10.7. The summed E-state index contributed by atoms with van der Waals surface area (Å²) < 4.78 is 11.2. The highest BCUT2D eigenvalue weighted by molar-refractivity contribution is 5.79. The largest absolute Gasteiger partial charge is 0.378 e. The third-order valence-electron chi connectivity index (χ3n) is 4.32. The molecule has 2 fully saturated rings. The Hall–Kier alpha value is -1.56. The molecule has 2 heterocycles. The number of rotatable bonds is 5. The van der Waals surface area contributed by atoms with Crippen molar-refractivity contribution in [3.8, 4) is 0 Å². The second kappa shape index (κ2) is 7.13. The van der Waals surface area contributed by atoms with E-state index in [1.807, 2.05) is 20.0 Å². The lowest BCUT2D eigenvalue weighted by atomic mass is 10.1. The minimum absolute atomic E-state index is 0.423. The number of hydrogen-bond donors (Lipinski definition) is 1. The smallest absolute Gasteiger partial charge is 0.194 e. The van der Waals surface area contributed by atoms with Gasteiger partial charge in [0.05, 0.1) is 18.3 Å².